The van der Waals surface area contributed by atoms with Gasteiger partial charge in [0, 0.05) is 41.4 Å². The second-order valence-electron chi connectivity index (χ2n) is 6.89. The molecule has 1 unspecified atom stereocenters. The summed E-state index contributed by atoms with van der Waals surface area (Å²) in [6, 6.07) is 8.23. The van der Waals surface area contributed by atoms with Crippen LogP contribution in [0.2, 0.25) is 0 Å². The number of benzene rings is 1. The van der Waals surface area contributed by atoms with Crippen LogP contribution in [-0.4, -0.2) is 47.9 Å². The number of unbranched alkanes of at least 4 members (excludes halogenated alkanes) is 1. The van der Waals surface area contributed by atoms with Crippen LogP contribution in [0, 0.1) is 0 Å². The van der Waals surface area contributed by atoms with Gasteiger partial charge < -0.3 is 15.4 Å². The van der Waals surface area contributed by atoms with E-state index in [-0.39, 0.29) is 4.75 Å². The summed E-state index contributed by atoms with van der Waals surface area (Å²) in [5, 5.41) is 6.53. The number of guanidine groups is 1. The van der Waals surface area contributed by atoms with Gasteiger partial charge in [0.05, 0.1) is 7.11 Å². The quantitative estimate of drug-likeness (QED) is 0.400. The SMILES string of the molecule is CN=C(NCCCCc1ccc(OC)cc1)NCCS(=O)C(C)(C)C. The van der Waals surface area contributed by atoms with Gasteiger partial charge in [-0.25, -0.2) is 0 Å². The minimum Gasteiger partial charge on any atom is -0.497 e. The Kier molecular flexibility index (Phi) is 9.57. The van der Waals surface area contributed by atoms with Crippen LogP contribution in [0.5, 0.6) is 5.75 Å². The number of aryl methyl sites for hydroxylation is 1. The van der Waals surface area contributed by atoms with Crippen LogP contribution < -0.4 is 15.4 Å². The van der Waals surface area contributed by atoms with Crippen LogP contribution in [0.15, 0.2) is 29.3 Å². The molecule has 1 rings (SSSR count). The standard InChI is InChI=1S/C19H33N3O2S/c1-19(2,3)25(23)15-14-22-18(20-4)21-13-7-6-8-16-9-11-17(24-5)12-10-16/h9-12H,6-8,13-15H2,1-5H3,(H2,20,21,22). The van der Waals surface area contributed by atoms with Crippen molar-refractivity contribution in [3.8, 4) is 5.75 Å². The summed E-state index contributed by atoms with van der Waals surface area (Å²) in [7, 11) is 2.60. The van der Waals surface area contributed by atoms with Gasteiger partial charge in [-0.15, -0.1) is 0 Å². The van der Waals surface area contributed by atoms with E-state index in [9.17, 15) is 4.21 Å². The smallest absolute Gasteiger partial charge is 0.191 e. The molecule has 0 radical (unpaired) electrons. The van der Waals surface area contributed by atoms with E-state index >= 15 is 0 Å². The average molecular weight is 368 g/mol. The third kappa shape index (κ3) is 8.91. The van der Waals surface area contributed by atoms with E-state index in [2.05, 4.69) is 27.8 Å². The zero-order valence-electron chi connectivity index (χ0n) is 16.2. The topological polar surface area (TPSA) is 62.7 Å². The summed E-state index contributed by atoms with van der Waals surface area (Å²) in [5.74, 6) is 2.30. The lowest BCUT2D eigenvalue weighted by atomic mass is 10.1. The van der Waals surface area contributed by atoms with Crippen LogP contribution in [0.1, 0.15) is 39.2 Å². The molecule has 0 bridgehead atoms. The summed E-state index contributed by atoms with van der Waals surface area (Å²) in [6.07, 6.45) is 3.24. The second kappa shape index (κ2) is 11.1. The molecule has 0 aliphatic carbocycles. The molecular weight excluding hydrogens is 334 g/mol. The van der Waals surface area contributed by atoms with Gasteiger partial charge in [-0.2, -0.15) is 0 Å². The van der Waals surface area contributed by atoms with Crippen molar-refractivity contribution in [1.29, 1.82) is 0 Å². The van der Waals surface area contributed by atoms with E-state index in [1.54, 1.807) is 14.2 Å². The highest BCUT2D eigenvalue weighted by Crippen LogP contribution is 2.13. The van der Waals surface area contributed by atoms with Gasteiger partial charge in [0.2, 0.25) is 0 Å². The fourth-order valence-corrected chi connectivity index (χ4v) is 3.14. The van der Waals surface area contributed by atoms with Gasteiger partial charge in [-0.3, -0.25) is 9.20 Å². The number of methoxy groups -OCH3 is 1. The second-order valence-corrected chi connectivity index (χ2v) is 9.22. The largest absolute Gasteiger partial charge is 0.497 e. The Bertz CT molecular complexity index is 551. The zero-order chi connectivity index (χ0) is 18.7. The van der Waals surface area contributed by atoms with E-state index in [0.29, 0.717) is 12.3 Å². The Balaban J connectivity index is 2.17. The van der Waals surface area contributed by atoms with Crippen molar-refractivity contribution >= 4 is 16.8 Å². The summed E-state index contributed by atoms with van der Waals surface area (Å²) in [5.41, 5.74) is 1.33. The molecule has 0 spiro atoms. The molecule has 1 atom stereocenters. The molecule has 2 N–H and O–H groups in total. The van der Waals surface area contributed by atoms with Gasteiger partial charge in [-0.05, 0) is 57.7 Å². The number of nitrogens with zero attached hydrogens (tertiary/aromatic N) is 1. The van der Waals surface area contributed by atoms with Crippen molar-refractivity contribution in [2.75, 3.05) is 33.0 Å². The monoisotopic (exact) mass is 367 g/mol. The Morgan fingerprint density at radius 3 is 2.32 bits per heavy atom. The van der Waals surface area contributed by atoms with Crippen molar-refractivity contribution in [2.24, 2.45) is 4.99 Å². The highest BCUT2D eigenvalue weighted by atomic mass is 32.2. The Labute approximate surface area is 155 Å². The Hall–Kier alpha value is -1.56. The molecule has 0 fully saturated rings. The fraction of sp³-hybridized carbons (Fsp3) is 0.632. The minimum atomic E-state index is -0.842. The maximum atomic E-state index is 12.0. The van der Waals surface area contributed by atoms with Crippen molar-refractivity contribution < 1.29 is 8.95 Å². The van der Waals surface area contributed by atoms with E-state index in [1.165, 1.54) is 5.56 Å². The molecule has 0 aliphatic heterocycles. The summed E-state index contributed by atoms with van der Waals surface area (Å²) >= 11 is 0. The van der Waals surface area contributed by atoms with Gasteiger partial charge in [0.1, 0.15) is 5.75 Å². The van der Waals surface area contributed by atoms with Gasteiger partial charge in [0.25, 0.3) is 0 Å². The molecule has 5 nitrogen and oxygen atoms in total. The summed E-state index contributed by atoms with van der Waals surface area (Å²) < 4.78 is 17.0. The van der Waals surface area contributed by atoms with Gasteiger partial charge >= 0.3 is 0 Å². The fourth-order valence-electron chi connectivity index (χ4n) is 2.24. The Morgan fingerprint density at radius 1 is 1.12 bits per heavy atom. The lowest BCUT2D eigenvalue weighted by Crippen LogP contribution is -2.40. The first kappa shape index (κ1) is 21.5. The molecule has 142 valence electrons. The van der Waals surface area contributed by atoms with Crippen molar-refractivity contribution in [3.63, 3.8) is 0 Å². The van der Waals surface area contributed by atoms with E-state index in [4.69, 9.17) is 4.74 Å². The zero-order valence-corrected chi connectivity index (χ0v) is 17.0. The molecule has 6 heteroatoms. The molecule has 0 saturated carbocycles. The maximum Gasteiger partial charge on any atom is 0.191 e. The first-order chi connectivity index (χ1) is 11.9. The predicted molar refractivity (Wildman–Crippen MR) is 108 cm³/mol. The number of hydrogen-bond donors (Lipinski definition) is 2. The third-order valence-corrected chi connectivity index (χ3v) is 5.77. The number of aliphatic imine (C=N–C) groups is 1. The third-order valence-electron chi connectivity index (χ3n) is 3.83. The van der Waals surface area contributed by atoms with E-state index < -0.39 is 10.8 Å². The average Bonchev–Trinajstić information content (AvgIpc) is 2.59. The van der Waals surface area contributed by atoms with Crippen LogP contribution in [-0.2, 0) is 17.2 Å². The number of ether oxygens (including phenoxy) is 1. The molecule has 0 amide bonds. The van der Waals surface area contributed by atoms with Crippen LogP contribution in [0.3, 0.4) is 0 Å². The number of rotatable bonds is 9. The number of nitrogens with one attached hydrogen (secondary N) is 2. The van der Waals surface area contributed by atoms with Crippen LogP contribution in [0.4, 0.5) is 0 Å². The van der Waals surface area contributed by atoms with Gasteiger partial charge in [-0.1, -0.05) is 12.1 Å². The highest BCUT2D eigenvalue weighted by Gasteiger charge is 2.18. The lowest BCUT2D eigenvalue weighted by Gasteiger charge is -2.18. The Morgan fingerprint density at radius 2 is 1.76 bits per heavy atom. The molecular formula is C19H33N3O2S. The van der Waals surface area contributed by atoms with Crippen molar-refractivity contribution in [2.45, 2.75) is 44.8 Å². The molecule has 1 aromatic rings. The molecule has 0 saturated heterocycles. The lowest BCUT2D eigenvalue weighted by molar-refractivity contribution is 0.414. The predicted octanol–water partition coefficient (Wildman–Crippen LogP) is 2.73. The molecule has 25 heavy (non-hydrogen) atoms. The van der Waals surface area contributed by atoms with Crippen LogP contribution in [0.25, 0.3) is 0 Å². The first-order valence-electron chi connectivity index (χ1n) is 8.82. The van der Waals surface area contributed by atoms with Gasteiger partial charge in [0.15, 0.2) is 5.96 Å². The summed E-state index contributed by atoms with van der Waals surface area (Å²) in [4.78, 5) is 4.20. The van der Waals surface area contributed by atoms with Crippen molar-refractivity contribution in [3.05, 3.63) is 29.8 Å². The molecule has 1 aromatic carbocycles. The van der Waals surface area contributed by atoms with Crippen molar-refractivity contribution in [1.82, 2.24) is 10.6 Å². The van der Waals surface area contributed by atoms with E-state index in [1.807, 2.05) is 32.9 Å². The maximum absolute atomic E-state index is 12.0. The molecule has 0 heterocycles. The van der Waals surface area contributed by atoms with Crippen LogP contribution >= 0.6 is 0 Å². The van der Waals surface area contributed by atoms with E-state index in [0.717, 1.165) is 37.5 Å². The molecule has 0 aromatic heterocycles. The number of hydrogen-bond acceptors (Lipinski definition) is 3. The minimum absolute atomic E-state index is 0.167. The summed E-state index contributed by atoms with van der Waals surface area (Å²) in [6.45, 7) is 7.53. The highest BCUT2D eigenvalue weighted by molar-refractivity contribution is 7.86. The molecule has 0 aliphatic rings. The first-order valence-corrected chi connectivity index (χ1v) is 10.1. The normalized spacial score (nSPS) is 13.4.